The Kier molecular flexibility index (Phi) is 4.72. The second-order valence-corrected chi connectivity index (χ2v) is 6.68. The van der Waals surface area contributed by atoms with E-state index >= 15 is 0 Å². The highest BCUT2D eigenvalue weighted by molar-refractivity contribution is 7.20. The zero-order valence-electron chi connectivity index (χ0n) is 13.0. The highest BCUT2D eigenvalue weighted by atomic mass is 32.1. The zero-order valence-corrected chi connectivity index (χ0v) is 14.6. The fourth-order valence-corrected chi connectivity index (χ4v) is 3.80. The van der Waals surface area contributed by atoms with Crippen LogP contribution in [0.5, 0.6) is 0 Å². The van der Waals surface area contributed by atoms with E-state index in [1.165, 1.54) is 29.0 Å². The first kappa shape index (κ1) is 16.3. The Morgan fingerprint density at radius 1 is 1.33 bits per heavy atom. The van der Waals surface area contributed by atoms with Crippen LogP contribution in [0.1, 0.15) is 31.8 Å². The molecule has 7 nitrogen and oxygen atoms in total. The fraction of sp³-hybridized carbons (Fsp3) is 0.200. The molecule has 0 saturated carbocycles. The van der Waals surface area contributed by atoms with Crippen LogP contribution >= 0.6 is 22.7 Å². The molecular weight excluding hydrogens is 348 g/mol. The Bertz CT molecular complexity index is 890. The smallest absolute Gasteiger partial charge is 0.348 e. The van der Waals surface area contributed by atoms with Crippen molar-refractivity contribution in [2.45, 2.75) is 13.8 Å². The number of aryl methyl sites for hydroxylation is 1. The summed E-state index contributed by atoms with van der Waals surface area (Å²) in [6.45, 7) is 3.87. The molecule has 3 heterocycles. The van der Waals surface area contributed by atoms with Crippen molar-refractivity contribution in [3.63, 3.8) is 0 Å². The van der Waals surface area contributed by atoms with Gasteiger partial charge in [0.05, 0.1) is 16.9 Å². The van der Waals surface area contributed by atoms with E-state index in [4.69, 9.17) is 4.74 Å². The molecule has 0 fully saturated rings. The number of amides is 1. The van der Waals surface area contributed by atoms with E-state index in [0.717, 1.165) is 5.56 Å². The molecule has 0 aromatic carbocycles. The Morgan fingerprint density at radius 3 is 2.88 bits per heavy atom. The predicted octanol–water partition coefficient (Wildman–Crippen LogP) is 2.99. The van der Waals surface area contributed by atoms with Gasteiger partial charge in [-0.25, -0.2) is 14.8 Å². The number of carbonyl (C=O) groups excluding carboxylic acids is 2. The lowest BCUT2D eigenvalue weighted by Crippen LogP contribution is -2.29. The first-order valence-electron chi connectivity index (χ1n) is 7.13. The predicted molar refractivity (Wildman–Crippen MR) is 93.5 cm³/mol. The summed E-state index contributed by atoms with van der Waals surface area (Å²) in [4.78, 5) is 34.1. The molecule has 0 atom stereocenters. The van der Waals surface area contributed by atoms with Gasteiger partial charge in [-0.2, -0.15) is 0 Å². The van der Waals surface area contributed by atoms with Crippen LogP contribution in [-0.4, -0.2) is 28.5 Å². The molecule has 0 spiro atoms. The minimum atomic E-state index is -0.383. The minimum Gasteiger partial charge on any atom is -0.462 e. The van der Waals surface area contributed by atoms with Crippen LogP contribution in [-0.2, 0) is 4.74 Å². The highest BCUT2D eigenvalue weighted by Gasteiger charge is 2.20. The van der Waals surface area contributed by atoms with Gasteiger partial charge in [-0.05, 0) is 30.9 Å². The molecule has 3 aromatic rings. The van der Waals surface area contributed by atoms with Crippen molar-refractivity contribution in [1.29, 1.82) is 0 Å². The standard InChI is InChI=1S/C15H14N4O3S2/c1-3-22-15(21)11-8(2)10-12(16-7-17-14(10)24-11)18-19-13(20)9-5-4-6-23-9/h4-7H,3H2,1-2H3,(H,19,20)(H,16,17,18). The topological polar surface area (TPSA) is 93.2 Å². The molecule has 1 amide bonds. The van der Waals surface area contributed by atoms with Crippen molar-refractivity contribution in [3.8, 4) is 0 Å². The number of carbonyl (C=O) groups is 2. The van der Waals surface area contributed by atoms with Gasteiger partial charge in [0.1, 0.15) is 16.0 Å². The molecule has 24 heavy (non-hydrogen) atoms. The molecule has 0 radical (unpaired) electrons. The van der Waals surface area contributed by atoms with Gasteiger partial charge < -0.3 is 4.74 Å². The maximum Gasteiger partial charge on any atom is 0.348 e. The molecule has 124 valence electrons. The molecule has 3 aromatic heterocycles. The highest BCUT2D eigenvalue weighted by Crippen LogP contribution is 2.33. The summed E-state index contributed by atoms with van der Waals surface area (Å²) in [6, 6.07) is 3.53. The lowest BCUT2D eigenvalue weighted by molar-refractivity contribution is 0.0531. The lowest BCUT2D eigenvalue weighted by atomic mass is 10.2. The zero-order chi connectivity index (χ0) is 17.1. The average molecular weight is 362 g/mol. The number of nitrogens with zero attached hydrogens (tertiary/aromatic N) is 2. The Balaban J connectivity index is 1.88. The number of hydrazine groups is 1. The van der Waals surface area contributed by atoms with Crippen molar-refractivity contribution in [2.24, 2.45) is 0 Å². The second kappa shape index (κ2) is 6.93. The summed E-state index contributed by atoms with van der Waals surface area (Å²) >= 11 is 2.58. The van der Waals surface area contributed by atoms with Crippen LogP contribution in [0.4, 0.5) is 5.82 Å². The van der Waals surface area contributed by atoms with Gasteiger partial charge in [0.15, 0.2) is 5.82 Å². The van der Waals surface area contributed by atoms with Crippen LogP contribution in [0, 0.1) is 6.92 Å². The molecule has 0 bridgehead atoms. The fourth-order valence-electron chi connectivity index (χ4n) is 2.14. The molecule has 0 unspecified atom stereocenters. The summed E-state index contributed by atoms with van der Waals surface area (Å²) in [6.07, 6.45) is 1.38. The number of rotatable bonds is 5. The summed E-state index contributed by atoms with van der Waals surface area (Å²) in [5.41, 5.74) is 6.14. The van der Waals surface area contributed by atoms with Gasteiger partial charge in [0.2, 0.25) is 0 Å². The van der Waals surface area contributed by atoms with E-state index in [2.05, 4.69) is 20.8 Å². The maximum atomic E-state index is 12.0. The van der Waals surface area contributed by atoms with Crippen LogP contribution in [0.25, 0.3) is 10.2 Å². The SMILES string of the molecule is CCOC(=O)c1sc2ncnc(NNC(=O)c3cccs3)c2c1C. The molecule has 0 aliphatic heterocycles. The quantitative estimate of drug-likeness (QED) is 0.535. The van der Waals surface area contributed by atoms with Gasteiger partial charge in [0.25, 0.3) is 5.91 Å². The second-order valence-electron chi connectivity index (χ2n) is 4.74. The van der Waals surface area contributed by atoms with E-state index < -0.39 is 0 Å². The Morgan fingerprint density at radius 2 is 2.17 bits per heavy atom. The monoisotopic (exact) mass is 362 g/mol. The van der Waals surface area contributed by atoms with Crippen LogP contribution < -0.4 is 10.9 Å². The van der Waals surface area contributed by atoms with Crippen molar-refractivity contribution in [3.05, 3.63) is 39.2 Å². The first-order chi connectivity index (χ1) is 11.6. The third-order valence-electron chi connectivity index (χ3n) is 3.23. The van der Waals surface area contributed by atoms with Gasteiger partial charge in [-0.1, -0.05) is 6.07 Å². The molecule has 2 N–H and O–H groups in total. The number of thiophene rings is 2. The summed E-state index contributed by atoms with van der Waals surface area (Å²) in [5, 5.41) is 2.52. The van der Waals surface area contributed by atoms with E-state index in [-0.39, 0.29) is 11.9 Å². The Hall–Kier alpha value is -2.52. The van der Waals surface area contributed by atoms with Crippen molar-refractivity contribution < 1.29 is 14.3 Å². The minimum absolute atomic E-state index is 0.254. The summed E-state index contributed by atoms with van der Waals surface area (Å²) in [7, 11) is 0. The lowest BCUT2D eigenvalue weighted by Gasteiger charge is -2.08. The molecule has 9 heteroatoms. The normalized spacial score (nSPS) is 10.6. The van der Waals surface area contributed by atoms with Gasteiger partial charge >= 0.3 is 5.97 Å². The van der Waals surface area contributed by atoms with E-state index in [0.29, 0.717) is 32.4 Å². The summed E-state index contributed by atoms with van der Waals surface area (Å²) < 4.78 is 5.06. The number of anilines is 1. The molecule has 0 aliphatic carbocycles. The third kappa shape index (κ3) is 3.08. The number of ether oxygens (including phenoxy) is 1. The number of hydrogen-bond acceptors (Lipinski definition) is 8. The van der Waals surface area contributed by atoms with E-state index in [9.17, 15) is 9.59 Å². The van der Waals surface area contributed by atoms with E-state index in [1.807, 2.05) is 5.38 Å². The largest absolute Gasteiger partial charge is 0.462 e. The molecule has 0 saturated heterocycles. The van der Waals surface area contributed by atoms with Crippen molar-refractivity contribution in [1.82, 2.24) is 15.4 Å². The van der Waals surface area contributed by atoms with Gasteiger partial charge in [-0.15, -0.1) is 22.7 Å². The van der Waals surface area contributed by atoms with Crippen LogP contribution in [0.2, 0.25) is 0 Å². The van der Waals surface area contributed by atoms with Gasteiger partial charge in [0, 0.05) is 0 Å². The number of esters is 1. The average Bonchev–Trinajstić information content (AvgIpc) is 3.21. The first-order valence-corrected chi connectivity index (χ1v) is 8.82. The summed E-state index contributed by atoms with van der Waals surface area (Å²) in [5.74, 6) is -0.198. The van der Waals surface area contributed by atoms with Crippen molar-refractivity contribution in [2.75, 3.05) is 12.0 Å². The van der Waals surface area contributed by atoms with Gasteiger partial charge in [-0.3, -0.25) is 15.6 Å². The number of nitrogens with one attached hydrogen (secondary N) is 2. The molecule has 3 rings (SSSR count). The maximum absolute atomic E-state index is 12.0. The number of hydrogen-bond donors (Lipinski definition) is 2. The third-order valence-corrected chi connectivity index (χ3v) is 5.28. The number of fused-ring (bicyclic) bond motifs is 1. The van der Waals surface area contributed by atoms with Crippen LogP contribution in [0.15, 0.2) is 23.8 Å². The molecule has 0 aliphatic rings. The Labute approximate surface area is 145 Å². The van der Waals surface area contributed by atoms with Crippen molar-refractivity contribution >= 4 is 50.6 Å². The molecular formula is C15H14N4O3S2. The van der Waals surface area contributed by atoms with Crippen LogP contribution in [0.3, 0.4) is 0 Å². The van der Waals surface area contributed by atoms with E-state index in [1.54, 1.807) is 26.0 Å². The number of aromatic nitrogens is 2.